The number of benzene rings is 1. The van der Waals surface area contributed by atoms with Crippen LogP contribution in [0.3, 0.4) is 0 Å². The first-order valence-electron chi connectivity index (χ1n) is 6.21. The van der Waals surface area contributed by atoms with Gasteiger partial charge in [-0.1, -0.05) is 6.92 Å². The Kier molecular flexibility index (Phi) is 2.29. The lowest BCUT2D eigenvalue weighted by molar-refractivity contribution is 0.174. The van der Waals surface area contributed by atoms with E-state index in [9.17, 15) is 0 Å². The molecule has 0 amide bonds. The van der Waals surface area contributed by atoms with Gasteiger partial charge in [-0.05, 0) is 24.6 Å². The molecule has 3 heterocycles. The average molecular weight is 272 g/mol. The van der Waals surface area contributed by atoms with Gasteiger partial charge in [0.1, 0.15) is 0 Å². The third kappa shape index (κ3) is 1.55. The molecule has 4 rings (SSSR count). The molecule has 2 aromatic heterocycles. The van der Waals surface area contributed by atoms with Gasteiger partial charge in [0.25, 0.3) is 0 Å². The number of thiazole rings is 1. The van der Waals surface area contributed by atoms with Crippen LogP contribution in [0.25, 0.3) is 16.2 Å². The van der Waals surface area contributed by atoms with Crippen LogP contribution in [0.4, 0.5) is 0 Å². The molecule has 0 fully saturated rings. The van der Waals surface area contributed by atoms with Gasteiger partial charge in [0, 0.05) is 22.8 Å². The molecule has 0 atom stereocenters. The second-order valence-corrected chi connectivity index (χ2v) is 5.44. The van der Waals surface area contributed by atoms with Crippen LogP contribution < -0.4 is 9.47 Å². The third-order valence-corrected chi connectivity index (χ3v) is 4.51. The molecule has 1 aliphatic heterocycles. The van der Waals surface area contributed by atoms with E-state index in [1.807, 2.05) is 24.5 Å². The normalized spacial score (nSPS) is 13.3. The monoisotopic (exact) mass is 272 g/mol. The Bertz CT molecular complexity index is 760. The first-order chi connectivity index (χ1) is 9.36. The Morgan fingerprint density at radius 1 is 1.32 bits per heavy atom. The van der Waals surface area contributed by atoms with Gasteiger partial charge in [-0.3, -0.25) is 4.40 Å². The number of aryl methyl sites for hydroxylation is 1. The van der Waals surface area contributed by atoms with Crippen LogP contribution in [0.5, 0.6) is 11.5 Å². The molecule has 1 aromatic carbocycles. The Morgan fingerprint density at radius 2 is 2.21 bits per heavy atom. The molecule has 0 spiro atoms. The number of imidazole rings is 1. The fraction of sp³-hybridized carbons (Fsp3) is 0.214. The summed E-state index contributed by atoms with van der Waals surface area (Å²) in [5.41, 5.74) is 2.35. The maximum absolute atomic E-state index is 5.46. The van der Waals surface area contributed by atoms with E-state index in [1.165, 1.54) is 10.6 Å². The van der Waals surface area contributed by atoms with Crippen molar-refractivity contribution in [3.05, 3.63) is 35.5 Å². The van der Waals surface area contributed by atoms with Gasteiger partial charge in [-0.25, -0.2) is 4.98 Å². The predicted octanol–water partition coefficient (Wildman–Crippen LogP) is 3.35. The van der Waals surface area contributed by atoms with E-state index in [4.69, 9.17) is 9.47 Å². The molecule has 0 radical (unpaired) electrons. The molecule has 0 N–H and O–H groups in total. The van der Waals surface area contributed by atoms with Gasteiger partial charge < -0.3 is 9.47 Å². The number of nitrogens with zero attached hydrogens (tertiary/aromatic N) is 2. The Morgan fingerprint density at radius 3 is 3.11 bits per heavy atom. The van der Waals surface area contributed by atoms with Gasteiger partial charge in [-0.2, -0.15) is 0 Å². The predicted molar refractivity (Wildman–Crippen MR) is 74.0 cm³/mol. The lowest BCUT2D eigenvalue weighted by Gasteiger charge is -2.05. The molecule has 4 nitrogen and oxygen atoms in total. The summed E-state index contributed by atoms with van der Waals surface area (Å²) >= 11 is 1.74. The summed E-state index contributed by atoms with van der Waals surface area (Å²) in [7, 11) is 0. The first-order valence-corrected chi connectivity index (χ1v) is 7.03. The van der Waals surface area contributed by atoms with Gasteiger partial charge >= 0.3 is 0 Å². The second-order valence-electron chi connectivity index (χ2n) is 4.38. The minimum atomic E-state index is 0.309. The largest absolute Gasteiger partial charge is 0.454 e. The summed E-state index contributed by atoms with van der Waals surface area (Å²) in [6.07, 6.45) is 4.84. The first kappa shape index (κ1) is 10.9. The standard InChI is InChI=1S/C14H12N2O2S/c1-2-12-13(16-6-5-15-14(16)19-12)9-3-4-10-11(7-9)18-8-17-10/h3-7H,2,8H2,1H3. The number of ether oxygens (including phenoxy) is 2. The highest BCUT2D eigenvalue weighted by atomic mass is 32.1. The quantitative estimate of drug-likeness (QED) is 0.717. The van der Waals surface area contributed by atoms with E-state index in [0.29, 0.717) is 6.79 Å². The number of hydrogen-bond donors (Lipinski definition) is 0. The lowest BCUT2D eigenvalue weighted by atomic mass is 10.1. The molecular formula is C14H12N2O2S. The van der Waals surface area contributed by atoms with Gasteiger partial charge in [-0.15, -0.1) is 11.3 Å². The van der Waals surface area contributed by atoms with E-state index in [-0.39, 0.29) is 0 Å². The SMILES string of the molecule is CCc1sc2nccn2c1-c1ccc2c(c1)OCO2. The van der Waals surface area contributed by atoms with Crippen molar-refractivity contribution < 1.29 is 9.47 Å². The zero-order valence-electron chi connectivity index (χ0n) is 10.4. The summed E-state index contributed by atoms with van der Waals surface area (Å²) in [4.78, 5) is 6.74. The Labute approximate surface area is 114 Å². The molecule has 96 valence electrons. The topological polar surface area (TPSA) is 35.8 Å². The highest BCUT2D eigenvalue weighted by Crippen LogP contribution is 2.38. The fourth-order valence-corrected chi connectivity index (χ4v) is 3.45. The smallest absolute Gasteiger partial charge is 0.231 e. The molecule has 0 bridgehead atoms. The fourth-order valence-electron chi connectivity index (χ4n) is 2.41. The third-order valence-electron chi connectivity index (χ3n) is 3.29. The van der Waals surface area contributed by atoms with Crippen LogP contribution >= 0.6 is 11.3 Å². The molecule has 0 saturated heterocycles. The van der Waals surface area contributed by atoms with Crippen LogP contribution in [0.2, 0.25) is 0 Å². The van der Waals surface area contributed by atoms with Crippen LogP contribution in [0, 0.1) is 0 Å². The second kappa shape index (κ2) is 3.99. The zero-order valence-corrected chi connectivity index (χ0v) is 11.2. The highest BCUT2D eigenvalue weighted by Gasteiger charge is 2.18. The maximum atomic E-state index is 5.46. The number of aromatic nitrogens is 2. The van der Waals surface area contributed by atoms with Crippen molar-refractivity contribution in [1.29, 1.82) is 0 Å². The summed E-state index contributed by atoms with van der Waals surface area (Å²) < 4.78 is 13.0. The molecule has 0 aliphatic carbocycles. The van der Waals surface area contributed by atoms with E-state index < -0.39 is 0 Å². The molecule has 3 aromatic rings. The van der Waals surface area contributed by atoms with E-state index >= 15 is 0 Å². The average Bonchev–Trinajstić information content (AvgIpc) is 3.11. The molecule has 1 aliphatic rings. The van der Waals surface area contributed by atoms with Crippen LogP contribution in [0.15, 0.2) is 30.6 Å². The van der Waals surface area contributed by atoms with Crippen molar-refractivity contribution in [2.45, 2.75) is 13.3 Å². The molecule has 19 heavy (non-hydrogen) atoms. The van der Waals surface area contributed by atoms with Crippen LogP contribution in [-0.4, -0.2) is 16.2 Å². The van der Waals surface area contributed by atoms with Crippen molar-refractivity contribution >= 4 is 16.3 Å². The maximum Gasteiger partial charge on any atom is 0.231 e. The minimum absolute atomic E-state index is 0.309. The van der Waals surface area contributed by atoms with Gasteiger partial charge in [0.05, 0.1) is 5.69 Å². The Balaban J connectivity index is 1.95. The van der Waals surface area contributed by atoms with E-state index in [2.05, 4.69) is 22.4 Å². The number of fused-ring (bicyclic) bond motifs is 2. The molecule has 0 unspecified atom stereocenters. The van der Waals surface area contributed by atoms with Crippen molar-refractivity contribution in [2.75, 3.05) is 6.79 Å². The number of rotatable bonds is 2. The van der Waals surface area contributed by atoms with Crippen molar-refractivity contribution in [3.8, 4) is 22.8 Å². The summed E-state index contributed by atoms with van der Waals surface area (Å²) in [5.74, 6) is 1.64. The molecule has 0 saturated carbocycles. The van der Waals surface area contributed by atoms with Gasteiger partial charge in [0.15, 0.2) is 16.5 Å². The van der Waals surface area contributed by atoms with Gasteiger partial charge in [0.2, 0.25) is 6.79 Å². The van der Waals surface area contributed by atoms with E-state index in [1.54, 1.807) is 11.3 Å². The van der Waals surface area contributed by atoms with Crippen molar-refractivity contribution in [3.63, 3.8) is 0 Å². The summed E-state index contributed by atoms with van der Waals surface area (Å²) in [5, 5.41) is 0. The molecular weight excluding hydrogens is 260 g/mol. The van der Waals surface area contributed by atoms with Crippen molar-refractivity contribution in [2.24, 2.45) is 0 Å². The summed E-state index contributed by atoms with van der Waals surface area (Å²) in [6.45, 7) is 2.48. The molecule has 5 heteroatoms. The van der Waals surface area contributed by atoms with E-state index in [0.717, 1.165) is 28.4 Å². The van der Waals surface area contributed by atoms with Crippen LogP contribution in [0.1, 0.15) is 11.8 Å². The highest BCUT2D eigenvalue weighted by molar-refractivity contribution is 7.17. The lowest BCUT2D eigenvalue weighted by Crippen LogP contribution is -1.93. The minimum Gasteiger partial charge on any atom is -0.454 e. The zero-order chi connectivity index (χ0) is 12.8. The summed E-state index contributed by atoms with van der Waals surface area (Å²) in [6, 6.07) is 6.09. The Hall–Kier alpha value is -2.01. The number of hydrogen-bond acceptors (Lipinski definition) is 4. The van der Waals surface area contributed by atoms with Crippen LogP contribution in [-0.2, 0) is 6.42 Å². The van der Waals surface area contributed by atoms with Crippen molar-refractivity contribution in [1.82, 2.24) is 9.38 Å².